The highest BCUT2D eigenvalue weighted by atomic mass is 32.1. The largest absolute Gasteiger partial charge is 0.396 e. The molecule has 3 heteroatoms. The molecule has 2 nitrogen and oxygen atoms in total. The van der Waals surface area contributed by atoms with Crippen LogP contribution in [0.5, 0.6) is 0 Å². The Labute approximate surface area is 108 Å². The van der Waals surface area contributed by atoms with Gasteiger partial charge in [0, 0.05) is 16.4 Å². The molecule has 0 bridgehead atoms. The van der Waals surface area contributed by atoms with Crippen molar-refractivity contribution >= 4 is 11.3 Å². The Kier molecular flexibility index (Phi) is 5.01. The van der Waals surface area contributed by atoms with E-state index in [0.29, 0.717) is 18.6 Å². The molecule has 0 saturated heterocycles. The van der Waals surface area contributed by atoms with Crippen LogP contribution in [0, 0.1) is 5.92 Å². The summed E-state index contributed by atoms with van der Waals surface area (Å²) in [6, 6.07) is 4.38. The summed E-state index contributed by atoms with van der Waals surface area (Å²) in [5.74, 6) is 0.517. The quantitative estimate of drug-likeness (QED) is 0.873. The van der Waals surface area contributed by atoms with Crippen molar-refractivity contribution in [2.45, 2.75) is 51.7 Å². The van der Waals surface area contributed by atoms with Crippen LogP contribution in [-0.4, -0.2) is 17.8 Å². The fraction of sp³-hybridized carbons (Fsp3) is 0.714. The molecular weight excluding hydrogens is 232 g/mol. The monoisotopic (exact) mass is 254 g/mol. The van der Waals surface area contributed by atoms with Crippen molar-refractivity contribution < 1.29 is 9.84 Å². The molecule has 1 fully saturated rings. The first-order valence-electron chi connectivity index (χ1n) is 6.61. The summed E-state index contributed by atoms with van der Waals surface area (Å²) in [5.41, 5.74) is 0. The van der Waals surface area contributed by atoms with E-state index < -0.39 is 0 Å². The molecule has 1 aromatic heterocycles. The van der Waals surface area contributed by atoms with E-state index in [2.05, 4.69) is 19.1 Å². The Bertz CT molecular complexity index is 327. The predicted octanol–water partition coefficient (Wildman–Crippen LogP) is 3.38. The Morgan fingerprint density at radius 1 is 1.24 bits per heavy atom. The normalized spacial score (nSPS) is 25.1. The van der Waals surface area contributed by atoms with E-state index in [-0.39, 0.29) is 0 Å². The molecule has 0 unspecified atom stereocenters. The number of rotatable bonds is 5. The third kappa shape index (κ3) is 3.80. The van der Waals surface area contributed by atoms with Crippen molar-refractivity contribution in [1.82, 2.24) is 0 Å². The summed E-state index contributed by atoms with van der Waals surface area (Å²) in [6.07, 6.45) is 5.98. The third-order valence-corrected chi connectivity index (χ3v) is 4.78. The van der Waals surface area contributed by atoms with Crippen LogP contribution in [0.2, 0.25) is 0 Å². The Morgan fingerprint density at radius 3 is 2.53 bits per heavy atom. The zero-order chi connectivity index (χ0) is 12.1. The van der Waals surface area contributed by atoms with Crippen LogP contribution < -0.4 is 0 Å². The first kappa shape index (κ1) is 13.1. The van der Waals surface area contributed by atoms with Gasteiger partial charge in [0.15, 0.2) is 0 Å². The maximum atomic E-state index is 9.08. The first-order chi connectivity index (χ1) is 8.31. The second-order valence-corrected chi connectivity index (χ2v) is 6.11. The molecule has 0 amide bonds. The van der Waals surface area contributed by atoms with Gasteiger partial charge in [-0.1, -0.05) is 6.92 Å². The smallest absolute Gasteiger partial charge is 0.0813 e. The lowest BCUT2D eigenvalue weighted by atomic mass is 9.88. The van der Waals surface area contributed by atoms with E-state index in [0.717, 1.165) is 38.7 Å². The minimum absolute atomic E-state index is 0.345. The number of aliphatic hydroxyl groups is 1. The number of aryl methyl sites for hydroxylation is 1. The van der Waals surface area contributed by atoms with Crippen LogP contribution in [0.4, 0.5) is 0 Å². The van der Waals surface area contributed by atoms with Crippen LogP contribution in [0.3, 0.4) is 0 Å². The zero-order valence-electron chi connectivity index (χ0n) is 10.5. The summed E-state index contributed by atoms with van der Waals surface area (Å²) >= 11 is 1.86. The fourth-order valence-electron chi connectivity index (χ4n) is 2.37. The van der Waals surface area contributed by atoms with Gasteiger partial charge in [-0.25, -0.2) is 0 Å². The Hall–Kier alpha value is -0.380. The Balaban J connectivity index is 1.72. The highest BCUT2D eigenvalue weighted by molar-refractivity contribution is 7.11. The molecule has 0 spiro atoms. The Morgan fingerprint density at radius 2 is 1.94 bits per heavy atom. The lowest BCUT2D eigenvalue weighted by Crippen LogP contribution is -2.23. The van der Waals surface area contributed by atoms with Crippen molar-refractivity contribution in [2.24, 2.45) is 5.92 Å². The van der Waals surface area contributed by atoms with Crippen molar-refractivity contribution in [3.05, 3.63) is 21.9 Å². The van der Waals surface area contributed by atoms with E-state index in [4.69, 9.17) is 9.84 Å². The van der Waals surface area contributed by atoms with Crippen LogP contribution in [0.25, 0.3) is 0 Å². The van der Waals surface area contributed by atoms with Crippen LogP contribution in [0.15, 0.2) is 12.1 Å². The van der Waals surface area contributed by atoms with Gasteiger partial charge in [-0.2, -0.15) is 0 Å². The fourth-order valence-corrected chi connectivity index (χ4v) is 3.25. The zero-order valence-corrected chi connectivity index (χ0v) is 11.3. The SMILES string of the molecule is CCc1ccc(COC2CCC(CO)CC2)s1. The lowest BCUT2D eigenvalue weighted by Gasteiger charge is -2.27. The van der Waals surface area contributed by atoms with Crippen molar-refractivity contribution in [2.75, 3.05) is 6.61 Å². The summed E-state index contributed by atoms with van der Waals surface area (Å²) in [7, 11) is 0. The van der Waals surface area contributed by atoms with Crippen LogP contribution in [-0.2, 0) is 17.8 Å². The molecule has 1 heterocycles. The van der Waals surface area contributed by atoms with Gasteiger partial charge in [-0.15, -0.1) is 11.3 Å². The van der Waals surface area contributed by atoms with E-state index in [1.807, 2.05) is 11.3 Å². The number of thiophene rings is 1. The minimum Gasteiger partial charge on any atom is -0.396 e. The van der Waals surface area contributed by atoms with Gasteiger partial charge in [0.1, 0.15) is 0 Å². The van der Waals surface area contributed by atoms with Gasteiger partial charge < -0.3 is 9.84 Å². The molecule has 1 aliphatic rings. The predicted molar refractivity (Wildman–Crippen MR) is 71.3 cm³/mol. The van der Waals surface area contributed by atoms with E-state index in [1.54, 1.807) is 0 Å². The van der Waals surface area contributed by atoms with Gasteiger partial charge >= 0.3 is 0 Å². The third-order valence-electron chi connectivity index (χ3n) is 3.58. The molecule has 0 aliphatic heterocycles. The lowest BCUT2D eigenvalue weighted by molar-refractivity contribution is 0.00235. The van der Waals surface area contributed by atoms with Crippen LogP contribution in [0.1, 0.15) is 42.4 Å². The van der Waals surface area contributed by atoms with Crippen molar-refractivity contribution in [1.29, 1.82) is 0 Å². The van der Waals surface area contributed by atoms with Gasteiger partial charge in [-0.3, -0.25) is 0 Å². The minimum atomic E-state index is 0.345. The number of hydrogen-bond donors (Lipinski definition) is 1. The maximum Gasteiger partial charge on any atom is 0.0813 e. The second-order valence-electron chi connectivity index (χ2n) is 4.86. The first-order valence-corrected chi connectivity index (χ1v) is 7.43. The van der Waals surface area contributed by atoms with E-state index in [1.165, 1.54) is 9.75 Å². The average Bonchev–Trinajstić information content (AvgIpc) is 2.85. The molecule has 1 saturated carbocycles. The second kappa shape index (κ2) is 6.53. The topological polar surface area (TPSA) is 29.5 Å². The molecule has 1 aliphatic carbocycles. The molecule has 1 aromatic rings. The van der Waals surface area contributed by atoms with Crippen molar-refractivity contribution in [3.63, 3.8) is 0 Å². The van der Waals surface area contributed by atoms with Gasteiger partial charge in [0.05, 0.1) is 12.7 Å². The molecular formula is C14H22O2S. The van der Waals surface area contributed by atoms with Gasteiger partial charge in [0.2, 0.25) is 0 Å². The summed E-state index contributed by atoms with van der Waals surface area (Å²) in [5, 5.41) is 9.08. The number of hydrogen-bond acceptors (Lipinski definition) is 3. The molecule has 1 N–H and O–H groups in total. The molecule has 17 heavy (non-hydrogen) atoms. The number of aliphatic hydroxyl groups excluding tert-OH is 1. The standard InChI is InChI=1S/C14H22O2S/c1-2-13-7-8-14(17-13)10-16-12-5-3-11(9-15)4-6-12/h7-8,11-12,15H,2-6,9-10H2,1H3. The van der Waals surface area contributed by atoms with E-state index >= 15 is 0 Å². The highest BCUT2D eigenvalue weighted by Crippen LogP contribution is 2.27. The van der Waals surface area contributed by atoms with Gasteiger partial charge in [-0.05, 0) is 50.2 Å². The van der Waals surface area contributed by atoms with Crippen molar-refractivity contribution in [3.8, 4) is 0 Å². The molecule has 96 valence electrons. The molecule has 2 rings (SSSR count). The summed E-state index contributed by atoms with van der Waals surface area (Å²) < 4.78 is 5.95. The highest BCUT2D eigenvalue weighted by Gasteiger charge is 2.20. The summed E-state index contributed by atoms with van der Waals surface area (Å²) in [4.78, 5) is 2.78. The number of ether oxygens (including phenoxy) is 1. The van der Waals surface area contributed by atoms with Crippen LogP contribution >= 0.6 is 11.3 Å². The molecule has 0 atom stereocenters. The van der Waals surface area contributed by atoms with Gasteiger partial charge in [0.25, 0.3) is 0 Å². The van der Waals surface area contributed by atoms with E-state index in [9.17, 15) is 0 Å². The summed E-state index contributed by atoms with van der Waals surface area (Å²) in [6.45, 7) is 3.29. The maximum absolute atomic E-state index is 9.08. The average molecular weight is 254 g/mol. The molecule has 0 aromatic carbocycles. The molecule has 0 radical (unpaired) electrons.